The van der Waals surface area contributed by atoms with Gasteiger partial charge in [-0.3, -0.25) is 4.90 Å². The number of amides is 1. The Balaban J connectivity index is 2.00. The number of nitrogens with zero attached hydrogens (tertiary/aromatic N) is 1. The van der Waals surface area contributed by atoms with Gasteiger partial charge in [0.2, 0.25) is 0 Å². The highest BCUT2D eigenvalue weighted by Gasteiger charge is 2.30. The Hall–Kier alpha value is -2.82. The van der Waals surface area contributed by atoms with E-state index in [0.29, 0.717) is 18.7 Å². The molecular formula is C21H23NO4. The summed E-state index contributed by atoms with van der Waals surface area (Å²) in [5, 5.41) is 0. The third kappa shape index (κ3) is 3.72. The normalized spacial score (nSPS) is 13.3. The first-order valence-electron chi connectivity index (χ1n) is 8.56. The van der Waals surface area contributed by atoms with Gasteiger partial charge in [0.05, 0.1) is 19.2 Å². The zero-order valence-electron chi connectivity index (χ0n) is 15.5. The van der Waals surface area contributed by atoms with Crippen LogP contribution in [0.5, 0.6) is 0 Å². The monoisotopic (exact) mass is 353 g/mol. The molecule has 26 heavy (non-hydrogen) atoms. The first-order chi connectivity index (χ1) is 12.3. The van der Waals surface area contributed by atoms with Crippen molar-refractivity contribution in [3.8, 4) is 11.1 Å². The second-order valence-electron chi connectivity index (χ2n) is 7.36. The van der Waals surface area contributed by atoms with Crippen LogP contribution in [0.3, 0.4) is 0 Å². The number of fused-ring (bicyclic) bond motifs is 1. The van der Waals surface area contributed by atoms with E-state index in [-0.39, 0.29) is 12.1 Å². The minimum atomic E-state index is -0.550. The summed E-state index contributed by atoms with van der Waals surface area (Å²) in [5.74, 6) is -0.388. The predicted octanol–water partition coefficient (Wildman–Crippen LogP) is 4.39. The van der Waals surface area contributed by atoms with Gasteiger partial charge < -0.3 is 9.47 Å². The lowest BCUT2D eigenvalue weighted by Crippen LogP contribution is -2.33. The van der Waals surface area contributed by atoms with E-state index < -0.39 is 5.60 Å². The molecule has 0 saturated carbocycles. The van der Waals surface area contributed by atoms with E-state index in [0.717, 1.165) is 22.3 Å². The van der Waals surface area contributed by atoms with E-state index in [2.05, 4.69) is 0 Å². The molecule has 0 unspecified atom stereocenters. The zero-order chi connectivity index (χ0) is 18.9. The van der Waals surface area contributed by atoms with Gasteiger partial charge in [-0.25, -0.2) is 9.59 Å². The Kier molecular flexibility index (Phi) is 4.72. The van der Waals surface area contributed by atoms with Crippen molar-refractivity contribution in [2.24, 2.45) is 0 Å². The fraction of sp³-hybridized carbons (Fsp3) is 0.333. The molecule has 0 aliphatic carbocycles. The number of esters is 1. The molecule has 1 amide bonds. The Labute approximate surface area is 153 Å². The maximum Gasteiger partial charge on any atom is 0.410 e. The molecular weight excluding hydrogens is 330 g/mol. The van der Waals surface area contributed by atoms with Crippen LogP contribution in [-0.4, -0.2) is 29.7 Å². The predicted molar refractivity (Wildman–Crippen MR) is 98.7 cm³/mol. The lowest BCUT2D eigenvalue weighted by molar-refractivity contribution is 0.0242. The molecule has 0 aromatic heterocycles. The van der Waals surface area contributed by atoms with E-state index in [4.69, 9.17) is 9.47 Å². The summed E-state index contributed by atoms with van der Waals surface area (Å²) >= 11 is 0. The van der Waals surface area contributed by atoms with Crippen LogP contribution < -0.4 is 0 Å². The van der Waals surface area contributed by atoms with Crippen LogP contribution in [0.4, 0.5) is 4.79 Å². The SMILES string of the molecule is COC(=O)c1cc2c(c(-c3ccccc3)c1)CN(C(=O)OC(C)(C)C)C2. The summed E-state index contributed by atoms with van der Waals surface area (Å²) in [7, 11) is 1.37. The van der Waals surface area contributed by atoms with Crippen molar-refractivity contribution in [2.75, 3.05) is 7.11 Å². The number of carbonyl (C=O) groups is 2. The summed E-state index contributed by atoms with van der Waals surface area (Å²) in [4.78, 5) is 26.2. The number of hydrogen-bond donors (Lipinski definition) is 0. The summed E-state index contributed by atoms with van der Waals surface area (Å²) < 4.78 is 10.4. The fourth-order valence-corrected chi connectivity index (χ4v) is 3.08. The molecule has 0 bridgehead atoms. The van der Waals surface area contributed by atoms with Gasteiger partial charge in [-0.15, -0.1) is 0 Å². The molecule has 5 heteroatoms. The molecule has 1 aliphatic rings. The van der Waals surface area contributed by atoms with Crippen molar-refractivity contribution >= 4 is 12.1 Å². The summed E-state index contributed by atoms with van der Waals surface area (Å²) in [6.07, 6.45) is -0.354. The highest BCUT2D eigenvalue weighted by atomic mass is 16.6. The number of rotatable bonds is 2. The van der Waals surface area contributed by atoms with E-state index in [1.807, 2.05) is 57.2 Å². The van der Waals surface area contributed by atoms with E-state index >= 15 is 0 Å². The molecule has 3 rings (SSSR count). The maximum absolute atomic E-state index is 12.5. The Bertz CT molecular complexity index is 837. The van der Waals surface area contributed by atoms with Crippen molar-refractivity contribution in [3.05, 3.63) is 59.2 Å². The molecule has 0 spiro atoms. The lowest BCUT2D eigenvalue weighted by Gasteiger charge is -2.24. The molecule has 0 fully saturated rings. The van der Waals surface area contributed by atoms with Crippen LogP contribution in [0.15, 0.2) is 42.5 Å². The average Bonchev–Trinajstić information content (AvgIpc) is 3.04. The summed E-state index contributed by atoms with van der Waals surface area (Å²) in [6, 6.07) is 13.5. The Morgan fingerprint density at radius 2 is 1.73 bits per heavy atom. The van der Waals surface area contributed by atoms with Gasteiger partial charge in [0.25, 0.3) is 0 Å². The van der Waals surface area contributed by atoms with Crippen LogP contribution >= 0.6 is 0 Å². The third-order valence-electron chi connectivity index (χ3n) is 4.21. The molecule has 0 atom stereocenters. The number of methoxy groups -OCH3 is 1. The smallest absolute Gasteiger partial charge is 0.410 e. The minimum Gasteiger partial charge on any atom is -0.465 e. The van der Waals surface area contributed by atoms with Gasteiger partial charge >= 0.3 is 12.1 Å². The van der Waals surface area contributed by atoms with Gasteiger partial charge in [0.15, 0.2) is 0 Å². The Morgan fingerprint density at radius 3 is 2.35 bits per heavy atom. The molecule has 1 aliphatic heterocycles. The van der Waals surface area contributed by atoms with Gasteiger partial charge in [-0.1, -0.05) is 30.3 Å². The van der Waals surface area contributed by atoms with E-state index in [9.17, 15) is 9.59 Å². The van der Waals surface area contributed by atoms with Gasteiger partial charge in [0.1, 0.15) is 5.60 Å². The van der Waals surface area contributed by atoms with Gasteiger partial charge in [-0.2, -0.15) is 0 Å². The van der Waals surface area contributed by atoms with Crippen molar-refractivity contribution in [1.29, 1.82) is 0 Å². The molecule has 2 aromatic rings. The van der Waals surface area contributed by atoms with Crippen molar-refractivity contribution in [3.63, 3.8) is 0 Å². The van der Waals surface area contributed by atoms with Crippen LogP contribution in [0.1, 0.15) is 42.3 Å². The van der Waals surface area contributed by atoms with Crippen molar-refractivity contribution in [2.45, 2.75) is 39.5 Å². The standard InChI is InChI=1S/C21H23NO4/c1-21(2,3)26-20(24)22-12-16-10-15(19(23)25-4)11-17(18(16)13-22)14-8-6-5-7-9-14/h5-11H,12-13H2,1-4H3. The van der Waals surface area contributed by atoms with Crippen LogP contribution in [0.2, 0.25) is 0 Å². The third-order valence-corrected chi connectivity index (χ3v) is 4.21. The lowest BCUT2D eigenvalue weighted by atomic mass is 9.94. The van der Waals surface area contributed by atoms with Gasteiger partial charge in [-0.05, 0) is 55.2 Å². The van der Waals surface area contributed by atoms with Crippen molar-refractivity contribution < 1.29 is 19.1 Å². The maximum atomic E-state index is 12.5. The number of ether oxygens (including phenoxy) is 2. The van der Waals surface area contributed by atoms with Crippen LogP contribution in [0, 0.1) is 0 Å². The Morgan fingerprint density at radius 1 is 1.04 bits per heavy atom. The number of hydrogen-bond acceptors (Lipinski definition) is 4. The van der Waals surface area contributed by atoms with Crippen LogP contribution in [-0.2, 0) is 22.6 Å². The first kappa shape index (κ1) is 18.0. The molecule has 0 N–H and O–H groups in total. The van der Waals surface area contributed by atoms with Crippen LogP contribution in [0.25, 0.3) is 11.1 Å². The highest BCUT2D eigenvalue weighted by molar-refractivity contribution is 5.92. The summed E-state index contributed by atoms with van der Waals surface area (Å²) in [6.45, 7) is 6.40. The molecule has 136 valence electrons. The molecule has 5 nitrogen and oxygen atoms in total. The molecule has 1 heterocycles. The number of benzene rings is 2. The first-order valence-corrected chi connectivity index (χ1v) is 8.56. The van der Waals surface area contributed by atoms with E-state index in [1.54, 1.807) is 11.0 Å². The fourth-order valence-electron chi connectivity index (χ4n) is 3.08. The van der Waals surface area contributed by atoms with Crippen molar-refractivity contribution in [1.82, 2.24) is 4.90 Å². The van der Waals surface area contributed by atoms with E-state index in [1.165, 1.54) is 7.11 Å². The average molecular weight is 353 g/mol. The second kappa shape index (κ2) is 6.83. The highest BCUT2D eigenvalue weighted by Crippen LogP contribution is 2.35. The topological polar surface area (TPSA) is 55.8 Å². The molecule has 2 aromatic carbocycles. The minimum absolute atomic E-state index is 0.354. The quantitative estimate of drug-likeness (QED) is 0.751. The second-order valence-corrected chi connectivity index (χ2v) is 7.36. The number of carbonyl (C=O) groups excluding carboxylic acids is 2. The van der Waals surface area contributed by atoms with Gasteiger partial charge in [0, 0.05) is 6.54 Å². The zero-order valence-corrected chi connectivity index (χ0v) is 15.5. The largest absolute Gasteiger partial charge is 0.465 e. The molecule has 0 radical (unpaired) electrons. The summed E-state index contributed by atoms with van der Waals surface area (Å²) in [5.41, 5.74) is 3.85. The molecule has 0 saturated heterocycles.